The molecule has 0 unspecified atom stereocenters. The van der Waals surface area contributed by atoms with Crippen molar-refractivity contribution in [1.82, 2.24) is 5.32 Å². The summed E-state index contributed by atoms with van der Waals surface area (Å²) in [7, 11) is 0. The number of hydrogen-bond donors (Lipinski definition) is 1. The van der Waals surface area contributed by atoms with Crippen molar-refractivity contribution in [1.29, 1.82) is 0 Å². The fourth-order valence-electron chi connectivity index (χ4n) is 2.52. The second-order valence-electron chi connectivity index (χ2n) is 4.61. The largest absolute Gasteiger partial charge is 0.312 e. The van der Waals surface area contributed by atoms with Crippen LogP contribution in [-0.2, 0) is 13.0 Å². The number of nitrogens with one attached hydrogen (secondary N) is 1. The molecule has 0 saturated heterocycles. The molecule has 0 saturated carbocycles. The lowest BCUT2D eigenvalue weighted by Gasteiger charge is -2.23. The topological polar surface area (TPSA) is 12.0 Å². The highest BCUT2D eigenvalue weighted by atomic mass is 35.5. The van der Waals surface area contributed by atoms with Gasteiger partial charge >= 0.3 is 0 Å². The lowest BCUT2D eigenvalue weighted by Crippen LogP contribution is -2.24. The number of fused-ring (bicyclic) bond motifs is 1. The molecule has 98 valence electrons. The van der Waals surface area contributed by atoms with E-state index in [1.54, 1.807) is 0 Å². The van der Waals surface area contributed by atoms with Crippen molar-refractivity contribution in [2.45, 2.75) is 13.0 Å². The third-order valence-corrected chi connectivity index (χ3v) is 4.49. The molecule has 0 bridgehead atoms. The van der Waals surface area contributed by atoms with E-state index in [1.165, 1.54) is 5.56 Å². The maximum atomic E-state index is 6.32. The Kier molecular flexibility index (Phi) is 3.72. The molecule has 1 aliphatic rings. The highest BCUT2D eigenvalue weighted by molar-refractivity contribution is 6.42. The first-order valence-corrected chi connectivity index (χ1v) is 7.26. The van der Waals surface area contributed by atoms with Gasteiger partial charge in [0, 0.05) is 11.6 Å². The molecule has 0 atom stereocenters. The molecular weight excluding hydrogens is 301 g/mol. The molecule has 3 rings (SSSR count). The first-order chi connectivity index (χ1) is 9.16. The third-order valence-electron chi connectivity index (χ3n) is 3.42. The van der Waals surface area contributed by atoms with Crippen LogP contribution in [0.3, 0.4) is 0 Å². The van der Waals surface area contributed by atoms with Crippen LogP contribution in [-0.4, -0.2) is 6.54 Å². The zero-order valence-electron chi connectivity index (χ0n) is 10.1. The molecule has 1 nitrogen and oxygen atoms in total. The molecule has 0 fully saturated rings. The summed E-state index contributed by atoms with van der Waals surface area (Å²) in [5, 5.41) is 5.39. The van der Waals surface area contributed by atoms with E-state index in [2.05, 4.69) is 5.32 Å². The van der Waals surface area contributed by atoms with Crippen LogP contribution in [0.2, 0.25) is 15.1 Å². The Balaban J connectivity index is 2.24. The molecule has 0 aromatic heterocycles. The Hall–Kier alpha value is -0.730. The van der Waals surface area contributed by atoms with Crippen LogP contribution in [0.25, 0.3) is 11.1 Å². The van der Waals surface area contributed by atoms with Gasteiger partial charge in [0.2, 0.25) is 0 Å². The summed E-state index contributed by atoms with van der Waals surface area (Å²) in [6.07, 6.45) is 0.905. The van der Waals surface area contributed by atoms with Gasteiger partial charge in [0.05, 0.1) is 10.0 Å². The first-order valence-electron chi connectivity index (χ1n) is 6.13. The maximum Gasteiger partial charge on any atom is 0.0628 e. The number of hydrogen-bond acceptors (Lipinski definition) is 1. The highest BCUT2D eigenvalue weighted by Crippen LogP contribution is 2.38. The minimum atomic E-state index is 0.609. The predicted molar refractivity (Wildman–Crippen MR) is 82.3 cm³/mol. The summed E-state index contributed by atoms with van der Waals surface area (Å²) < 4.78 is 0. The molecule has 1 heterocycles. The van der Waals surface area contributed by atoms with E-state index < -0.39 is 0 Å². The van der Waals surface area contributed by atoms with Crippen LogP contribution in [0.5, 0.6) is 0 Å². The highest BCUT2D eigenvalue weighted by Gasteiger charge is 2.19. The molecule has 19 heavy (non-hydrogen) atoms. The van der Waals surface area contributed by atoms with Crippen molar-refractivity contribution in [3.05, 3.63) is 56.5 Å². The van der Waals surface area contributed by atoms with Crippen molar-refractivity contribution >= 4 is 34.8 Å². The number of halogens is 3. The molecule has 4 heteroatoms. The molecule has 2 aromatic carbocycles. The van der Waals surface area contributed by atoms with Crippen molar-refractivity contribution < 1.29 is 0 Å². The Labute approximate surface area is 127 Å². The lowest BCUT2D eigenvalue weighted by atomic mass is 9.92. The van der Waals surface area contributed by atoms with Crippen molar-refractivity contribution in [2.75, 3.05) is 6.54 Å². The molecular formula is C15H12Cl3N. The predicted octanol–water partition coefficient (Wildman–Crippen LogP) is 4.96. The van der Waals surface area contributed by atoms with E-state index in [4.69, 9.17) is 34.8 Å². The minimum absolute atomic E-state index is 0.609. The van der Waals surface area contributed by atoms with Gasteiger partial charge in [-0.1, -0.05) is 46.9 Å². The van der Waals surface area contributed by atoms with Crippen molar-refractivity contribution in [3.8, 4) is 11.1 Å². The van der Waals surface area contributed by atoms with Crippen molar-refractivity contribution in [2.24, 2.45) is 0 Å². The van der Waals surface area contributed by atoms with Gasteiger partial charge < -0.3 is 5.32 Å². The van der Waals surface area contributed by atoms with Gasteiger partial charge in [-0.15, -0.1) is 0 Å². The van der Waals surface area contributed by atoms with E-state index in [-0.39, 0.29) is 0 Å². The van der Waals surface area contributed by atoms with E-state index >= 15 is 0 Å². The lowest BCUT2D eigenvalue weighted by molar-refractivity contribution is 0.645. The second-order valence-corrected chi connectivity index (χ2v) is 5.84. The third kappa shape index (κ3) is 2.48. The van der Waals surface area contributed by atoms with E-state index in [9.17, 15) is 0 Å². The van der Waals surface area contributed by atoms with Crippen LogP contribution in [0.15, 0.2) is 30.3 Å². The van der Waals surface area contributed by atoms with Gasteiger partial charge in [-0.25, -0.2) is 0 Å². The quantitative estimate of drug-likeness (QED) is 0.785. The average Bonchev–Trinajstić information content (AvgIpc) is 2.43. The van der Waals surface area contributed by atoms with Gasteiger partial charge in [-0.2, -0.15) is 0 Å². The number of benzene rings is 2. The van der Waals surface area contributed by atoms with Gasteiger partial charge in [-0.05, 0) is 53.4 Å². The maximum absolute atomic E-state index is 6.32. The molecule has 0 aliphatic carbocycles. The molecule has 1 aliphatic heterocycles. The van der Waals surface area contributed by atoms with Gasteiger partial charge in [0.1, 0.15) is 0 Å². The molecule has 2 aromatic rings. The zero-order valence-corrected chi connectivity index (χ0v) is 12.4. The summed E-state index contributed by atoms with van der Waals surface area (Å²) in [5.74, 6) is 0. The fraction of sp³-hybridized carbons (Fsp3) is 0.200. The number of rotatable bonds is 1. The Morgan fingerprint density at radius 1 is 1.00 bits per heavy atom. The minimum Gasteiger partial charge on any atom is -0.312 e. The molecule has 1 N–H and O–H groups in total. The molecule has 0 amide bonds. The van der Waals surface area contributed by atoms with Gasteiger partial charge in [0.25, 0.3) is 0 Å². The Morgan fingerprint density at radius 2 is 1.84 bits per heavy atom. The Morgan fingerprint density at radius 3 is 2.63 bits per heavy atom. The SMILES string of the molecule is Clc1cccc(-c2cc(Cl)c(Cl)c3c2CNCC3)c1. The Bertz CT molecular complexity index is 638. The summed E-state index contributed by atoms with van der Waals surface area (Å²) in [6.45, 7) is 1.75. The molecule has 0 radical (unpaired) electrons. The van der Waals surface area contributed by atoms with Crippen LogP contribution in [0.4, 0.5) is 0 Å². The average molecular weight is 313 g/mol. The fourth-order valence-corrected chi connectivity index (χ4v) is 3.20. The van der Waals surface area contributed by atoms with E-state index in [1.807, 2.05) is 30.3 Å². The zero-order chi connectivity index (χ0) is 13.4. The monoisotopic (exact) mass is 311 g/mol. The standard InChI is InChI=1S/C15H12Cl3N/c16-10-3-1-2-9(6-10)12-7-14(17)15(18)11-4-5-19-8-13(11)12/h1-3,6-7,19H,4-5,8H2. The first kappa shape index (κ1) is 13.3. The van der Waals surface area contributed by atoms with Crippen LogP contribution in [0.1, 0.15) is 11.1 Å². The van der Waals surface area contributed by atoms with Crippen LogP contribution in [0, 0.1) is 0 Å². The normalized spacial score (nSPS) is 14.3. The summed E-state index contributed by atoms with van der Waals surface area (Å²) in [6, 6.07) is 9.74. The second kappa shape index (κ2) is 5.34. The van der Waals surface area contributed by atoms with Gasteiger partial charge in [-0.3, -0.25) is 0 Å². The van der Waals surface area contributed by atoms with Crippen LogP contribution >= 0.6 is 34.8 Å². The van der Waals surface area contributed by atoms with E-state index in [0.717, 1.165) is 41.2 Å². The smallest absolute Gasteiger partial charge is 0.0628 e. The summed E-state index contributed by atoms with van der Waals surface area (Å²) in [4.78, 5) is 0. The van der Waals surface area contributed by atoms with Crippen LogP contribution < -0.4 is 5.32 Å². The van der Waals surface area contributed by atoms with Crippen molar-refractivity contribution in [3.63, 3.8) is 0 Å². The summed E-state index contributed by atoms with van der Waals surface area (Å²) in [5.41, 5.74) is 4.57. The molecule has 0 spiro atoms. The van der Waals surface area contributed by atoms with Gasteiger partial charge in [0.15, 0.2) is 0 Å². The summed E-state index contributed by atoms with van der Waals surface area (Å²) >= 11 is 18.6. The van der Waals surface area contributed by atoms with E-state index in [0.29, 0.717) is 10.0 Å².